The largest absolute Gasteiger partial charge is 0.379 e. The molecule has 5 heteroatoms. The van der Waals surface area contributed by atoms with Crippen LogP contribution in [0.5, 0.6) is 0 Å². The molecule has 2 rings (SSSR count). The molecule has 0 N–H and O–H groups in total. The summed E-state index contributed by atoms with van der Waals surface area (Å²) in [6.45, 7) is 1.58. The summed E-state index contributed by atoms with van der Waals surface area (Å²) in [6, 6.07) is 0. The number of hydrogen-bond acceptors (Lipinski definition) is 4. The smallest absolute Gasteiger partial charge is 0.161 e. The zero-order valence-corrected chi connectivity index (χ0v) is 7.81. The lowest BCUT2D eigenvalue weighted by molar-refractivity contribution is 0.0454. The number of halogens is 1. The third kappa shape index (κ3) is 1.71. The molecule has 1 aliphatic rings. The molecule has 0 bridgehead atoms. The molecule has 0 aromatic carbocycles. The number of rotatable bonds is 2. The molecule has 1 saturated heterocycles. The SMILES string of the molecule is Clc1nccnc1SC1COC1. The second kappa shape index (κ2) is 3.60. The van der Waals surface area contributed by atoms with E-state index < -0.39 is 0 Å². The maximum atomic E-state index is 5.81. The zero-order chi connectivity index (χ0) is 8.39. The van der Waals surface area contributed by atoms with Crippen molar-refractivity contribution in [2.45, 2.75) is 10.3 Å². The van der Waals surface area contributed by atoms with Gasteiger partial charge >= 0.3 is 0 Å². The summed E-state index contributed by atoms with van der Waals surface area (Å²) in [5, 5.41) is 1.78. The Kier molecular flexibility index (Phi) is 2.48. The molecule has 0 atom stereocenters. The number of ether oxygens (including phenoxy) is 1. The van der Waals surface area contributed by atoms with Crippen LogP contribution in [0.15, 0.2) is 17.4 Å². The predicted octanol–water partition coefficient (Wildman–Crippen LogP) is 1.62. The minimum absolute atomic E-state index is 0.481. The number of nitrogens with zero attached hydrogens (tertiary/aromatic N) is 2. The second-order valence-corrected chi connectivity index (χ2v) is 4.08. The molecule has 3 nitrogen and oxygen atoms in total. The van der Waals surface area contributed by atoms with Gasteiger partial charge in [-0.2, -0.15) is 0 Å². The van der Waals surface area contributed by atoms with Crippen molar-refractivity contribution in [3.05, 3.63) is 17.5 Å². The third-order valence-electron chi connectivity index (χ3n) is 1.51. The average Bonchev–Trinajstić information content (AvgIpc) is 2.00. The molecule has 12 heavy (non-hydrogen) atoms. The summed E-state index contributed by atoms with van der Waals surface area (Å²) in [4.78, 5) is 8.04. The summed E-state index contributed by atoms with van der Waals surface area (Å²) >= 11 is 7.44. The summed E-state index contributed by atoms with van der Waals surface area (Å²) in [5.74, 6) is 0. The lowest BCUT2D eigenvalue weighted by Crippen LogP contribution is -2.30. The van der Waals surface area contributed by atoms with Crippen LogP contribution >= 0.6 is 23.4 Å². The Morgan fingerprint density at radius 1 is 1.42 bits per heavy atom. The van der Waals surface area contributed by atoms with Gasteiger partial charge in [0.1, 0.15) is 5.03 Å². The minimum atomic E-state index is 0.481. The van der Waals surface area contributed by atoms with E-state index in [0.29, 0.717) is 10.4 Å². The molecule has 1 aromatic rings. The molecule has 0 aliphatic carbocycles. The molecule has 0 saturated carbocycles. The Labute approximate surface area is 79.5 Å². The van der Waals surface area contributed by atoms with Crippen LogP contribution < -0.4 is 0 Å². The van der Waals surface area contributed by atoms with Crippen molar-refractivity contribution < 1.29 is 4.74 Å². The summed E-state index contributed by atoms with van der Waals surface area (Å²) in [5.41, 5.74) is 0. The van der Waals surface area contributed by atoms with Gasteiger partial charge in [-0.3, -0.25) is 0 Å². The highest BCUT2D eigenvalue weighted by Crippen LogP contribution is 2.29. The van der Waals surface area contributed by atoms with Gasteiger partial charge in [0.25, 0.3) is 0 Å². The van der Waals surface area contributed by atoms with Crippen molar-refractivity contribution in [2.75, 3.05) is 13.2 Å². The zero-order valence-electron chi connectivity index (χ0n) is 6.24. The quantitative estimate of drug-likeness (QED) is 0.730. The molecule has 1 aromatic heterocycles. The Morgan fingerprint density at radius 3 is 2.75 bits per heavy atom. The van der Waals surface area contributed by atoms with Gasteiger partial charge in [-0.15, -0.1) is 0 Å². The molecule has 0 radical (unpaired) electrons. The molecule has 1 aliphatic heterocycles. The van der Waals surface area contributed by atoms with Gasteiger partial charge in [0.2, 0.25) is 0 Å². The minimum Gasteiger partial charge on any atom is -0.379 e. The van der Waals surface area contributed by atoms with E-state index in [1.165, 1.54) is 0 Å². The van der Waals surface area contributed by atoms with E-state index in [1.54, 1.807) is 24.2 Å². The molecule has 1 fully saturated rings. The van der Waals surface area contributed by atoms with E-state index in [1.807, 2.05) is 0 Å². The fourth-order valence-electron chi connectivity index (χ4n) is 0.827. The van der Waals surface area contributed by atoms with Gasteiger partial charge in [-0.1, -0.05) is 23.4 Å². The standard InChI is InChI=1S/C7H7ClN2OS/c8-6-7(10-2-1-9-6)12-5-3-11-4-5/h1-2,5H,3-4H2. The molecule has 0 unspecified atom stereocenters. The lowest BCUT2D eigenvalue weighted by atomic mass is 10.4. The highest BCUT2D eigenvalue weighted by atomic mass is 35.5. The first-order chi connectivity index (χ1) is 5.86. The molecular formula is C7H7ClN2OS. The molecule has 0 spiro atoms. The van der Waals surface area contributed by atoms with Crippen LogP contribution in [-0.4, -0.2) is 28.4 Å². The van der Waals surface area contributed by atoms with Crippen molar-refractivity contribution in [1.82, 2.24) is 9.97 Å². The van der Waals surface area contributed by atoms with Crippen LogP contribution in [0.25, 0.3) is 0 Å². The second-order valence-electron chi connectivity index (χ2n) is 2.43. The van der Waals surface area contributed by atoms with Crippen molar-refractivity contribution >= 4 is 23.4 Å². The van der Waals surface area contributed by atoms with Gasteiger partial charge in [0, 0.05) is 12.4 Å². The van der Waals surface area contributed by atoms with Crippen LogP contribution in [0.3, 0.4) is 0 Å². The van der Waals surface area contributed by atoms with Crippen LogP contribution in [0.2, 0.25) is 5.15 Å². The van der Waals surface area contributed by atoms with Gasteiger partial charge in [-0.05, 0) is 0 Å². The van der Waals surface area contributed by atoms with Gasteiger partial charge < -0.3 is 4.74 Å². The maximum Gasteiger partial charge on any atom is 0.161 e. The summed E-state index contributed by atoms with van der Waals surface area (Å²) in [6.07, 6.45) is 3.23. The van der Waals surface area contributed by atoms with E-state index in [4.69, 9.17) is 16.3 Å². The van der Waals surface area contributed by atoms with Crippen molar-refractivity contribution in [1.29, 1.82) is 0 Å². The molecule has 2 heterocycles. The van der Waals surface area contributed by atoms with Gasteiger partial charge in [0.05, 0.1) is 18.5 Å². The summed E-state index contributed by atoms with van der Waals surface area (Å²) in [7, 11) is 0. The molecular weight excluding hydrogens is 196 g/mol. The highest BCUT2D eigenvalue weighted by Gasteiger charge is 2.21. The first-order valence-corrected chi connectivity index (χ1v) is 4.83. The van der Waals surface area contributed by atoms with Crippen molar-refractivity contribution in [2.24, 2.45) is 0 Å². The van der Waals surface area contributed by atoms with Crippen molar-refractivity contribution in [3.8, 4) is 0 Å². The Bertz CT molecular complexity index is 280. The van der Waals surface area contributed by atoms with Crippen LogP contribution in [0.4, 0.5) is 0 Å². The number of hydrogen-bond donors (Lipinski definition) is 0. The molecule has 64 valence electrons. The Balaban J connectivity index is 2.06. The van der Waals surface area contributed by atoms with Crippen LogP contribution in [0, 0.1) is 0 Å². The average molecular weight is 203 g/mol. The Hall–Kier alpha value is -0.320. The topological polar surface area (TPSA) is 35.0 Å². The monoisotopic (exact) mass is 202 g/mol. The van der Waals surface area contributed by atoms with E-state index in [9.17, 15) is 0 Å². The predicted molar refractivity (Wildman–Crippen MR) is 47.5 cm³/mol. The Morgan fingerprint density at radius 2 is 2.17 bits per heavy atom. The normalized spacial score (nSPS) is 17.4. The van der Waals surface area contributed by atoms with Gasteiger partial charge in [0.15, 0.2) is 5.15 Å². The lowest BCUT2D eigenvalue weighted by Gasteiger charge is -2.24. The number of thioether (sulfide) groups is 1. The summed E-state index contributed by atoms with van der Waals surface area (Å²) < 4.78 is 5.03. The van der Waals surface area contributed by atoms with E-state index in [-0.39, 0.29) is 0 Å². The van der Waals surface area contributed by atoms with Gasteiger partial charge in [-0.25, -0.2) is 9.97 Å². The van der Waals surface area contributed by atoms with E-state index >= 15 is 0 Å². The first kappa shape index (κ1) is 8.29. The first-order valence-electron chi connectivity index (χ1n) is 3.57. The van der Waals surface area contributed by atoms with Crippen LogP contribution in [-0.2, 0) is 4.74 Å². The van der Waals surface area contributed by atoms with Crippen LogP contribution in [0.1, 0.15) is 0 Å². The fraction of sp³-hybridized carbons (Fsp3) is 0.429. The van der Waals surface area contributed by atoms with E-state index in [0.717, 1.165) is 18.2 Å². The van der Waals surface area contributed by atoms with E-state index in [2.05, 4.69) is 9.97 Å². The van der Waals surface area contributed by atoms with Crippen molar-refractivity contribution in [3.63, 3.8) is 0 Å². The highest BCUT2D eigenvalue weighted by molar-refractivity contribution is 8.00. The fourth-order valence-corrected chi connectivity index (χ4v) is 1.98. The maximum absolute atomic E-state index is 5.81. The third-order valence-corrected chi connectivity index (χ3v) is 3.02. The molecule has 0 amide bonds. The number of aromatic nitrogens is 2.